The number of amides is 1. The summed E-state index contributed by atoms with van der Waals surface area (Å²) in [5, 5.41) is 11.8. The molecule has 4 aromatic rings. The van der Waals surface area contributed by atoms with Gasteiger partial charge in [-0.3, -0.25) is 14.4 Å². The van der Waals surface area contributed by atoms with Crippen molar-refractivity contribution in [2.45, 2.75) is 4.90 Å². The molecule has 13 heteroatoms. The first-order valence-corrected chi connectivity index (χ1v) is 13.7. The van der Waals surface area contributed by atoms with Gasteiger partial charge in [0.2, 0.25) is 11.0 Å². The summed E-state index contributed by atoms with van der Waals surface area (Å²) < 4.78 is 44.6. The molecule has 3 aromatic carbocycles. The van der Waals surface area contributed by atoms with E-state index in [4.69, 9.17) is 25.8 Å². The van der Waals surface area contributed by atoms with Gasteiger partial charge in [0.1, 0.15) is 17.3 Å². The number of carbonyl (C=O) groups is 1. The molecular weight excluding hydrogens is 552 g/mol. The Hall–Kier alpha value is -3.87. The van der Waals surface area contributed by atoms with Crippen LogP contribution in [0, 0.1) is 0 Å². The highest BCUT2D eigenvalue weighted by atomic mass is 35.5. The number of nitrogens with one attached hydrogen (secondary N) is 1. The Bertz CT molecular complexity index is 1550. The molecule has 38 heavy (non-hydrogen) atoms. The van der Waals surface area contributed by atoms with Crippen LogP contribution in [-0.2, 0) is 14.8 Å². The molecule has 0 spiro atoms. The number of hydrogen-bond donors (Lipinski definition) is 1. The van der Waals surface area contributed by atoms with Crippen molar-refractivity contribution in [1.29, 1.82) is 0 Å². The molecule has 4 rings (SSSR count). The fraction of sp³-hybridized carbons (Fsp3) is 0.160. The Morgan fingerprint density at radius 2 is 1.61 bits per heavy atom. The Balaban J connectivity index is 1.69. The number of sulfonamides is 1. The van der Waals surface area contributed by atoms with Crippen LogP contribution in [0.5, 0.6) is 17.2 Å². The molecule has 1 heterocycles. The molecule has 0 aliphatic heterocycles. The number of aromatic nitrogens is 2. The number of rotatable bonds is 10. The van der Waals surface area contributed by atoms with E-state index < -0.39 is 22.5 Å². The molecule has 0 fully saturated rings. The molecule has 0 unspecified atom stereocenters. The van der Waals surface area contributed by atoms with Crippen LogP contribution in [0.4, 0.5) is 10.8 Å². The SMILES string of the molecule is COc1ccc(S(=O)(=O)N(CC(=O)Nc2nnc(-c3ccccc3)s2)c2cc(Cl)ccc2OC)cc1OC. The van der Waals surface area contributed by atoms with Crippen LogP contribution >= 0.6 is 22.9 Å². The second kappa shape index (κ2) is 11.7. The number of benzene rings is 3. The molecule has 1 aromatic heterocycles. The topological polar surface area (TPSA) is 120 Å². The standard InChI is InChI=1S/C25H23ClN4O6S2/c1-34-20-11-9-17(26)13-19(20)30(38(32,33)18-10-12-21(35-2)22(14-18)36-3)15-23(31)27-25-29-28-24(37-25)16-7-5-4-6-8-16/h4-14H,15H2,1-3H3,(H,27,29,31). The minimum absolute atomic E-state index is 0.0761. The second-order valence-corrected chi connectivity index (χ2v) is 10.9. The van der Waals surface area contributed by atoms with E-state index in [0.29, 0.717) is 10.8 Å². The summed E-state index contributed by atoms with van der Waals surface area (Å²) in [7, 11) is -0.0965. The number of hydrogen-bond acceptors (Lipinski definition) is 9. The Morgan fingerprint density at radius 1 is 0.921 bits per heavy atom. The van der Waals surface area contributed by atoms with Gasteiger partial charge < -0.3 is 14.2 Å². The highest BCUT2D eigenvalue weighted by Crippen LogP contribution is 2.37. The van der Waals surface area contributed by atoms with Crippen molar-refractivity contribution in [3.05, 3.63) is 71.8 Å². The minimum atomic E-state index is -4.32. The van der Waals surface area contributed by atoms with E-state index in [9.17, 15) is 13.2 Å². The number of methoxy groups -OCH3 is 3. The quantitative estimate of drug-likeness (QED) is 0.289. The molecule has 0 atom stereocenters. The molecule has 0 bridgehead atoms. The normalized spacial score (nSPS) is 11.1. The van der Waals surface area contributed by atoms with Crippen LogP contribution in [0.15, 0.2) is 71.6 Å². The minimum Gasteiger partial charge on any atom is -0.495 e. The molecule has 0 radical (unpaired) electrons. The van der Waals surface area contributed by atoms with Crippen LogP contribution in [-0.4, -0.2) is 52.4 Å². The zero-order valence-electron chi connectivity index (χ0n) is 20.5. The van der Waals surface area contributed by atoms with E-state index in [2.05, 4.69) is 15.5 Å². The van der Waals surface area contributed by atoms with Crippen molar-refractivity contribution in [2.24, 2.45) is 0 Å². The molecule has 0 saturated heterocycles. The lowest BCUT2D eigenvalue weighted by molar-refractivity contribution is -0.114. The third-order valence-corrected chi connectivity index (χ3v) is 8.21. The number of anilines is 2. The molecular formula is C25H23ClN4O6S2. The van der Waals surface area contributed by atoms with Crippen molar-refractivity contribution in [3.8, 4) is 27.8 Å². The maximum atomic E-state index is 13.9. The summed E-state index contributed by atoms with van der Waals surface area (Å²) >= 11 is 7.36. The molecule has 1 amide bonds. The highest BCUT2D eigenvalue weighted by Gasteiger charge is 2.31. The lowest BCUT2D eigenvalue weighted by Crippen LogP contribution is -2.38. The van der Waals surface area contributed by atoms with Crippen molar-refractivity contribution in [3.63, 3.8) is 0 Å². The van der Waals surface area contributed by atoms with Gasteiger partial charge in [-0.2, -0.15) is 0 Å². The van der Waals surface area contributed by atoms with Gasteiger partial charge in [-0.05, 0) is 30.3 Å². The van der Waals surface area contributed by atoms with Gasteiger partial charge in [-0.15, -0.1) is 10.2 Å². The summed E-state index contributed by atoms with van der Waals surface area (Å²) in [5.41, 5.74) is 0.916. The predicted molar refractivity (Wildman–Crippen MR) is 146 cm³/mol. The summed E-state index contributed by atoms with van der Waals surface area (Å²) in [6, 6.07) is 18.0. The number of ether oxygens (including phenoxy) is 3. The van der Waals surface area contributed by atoms with Gasteiger partial charge in [0, 0.05) is 16.7 Å². The van der Waals surface area contributed by atoms with Crippen molar-refractivity contribution in [2.75, 3.05) is 37.5 Å². The number of carbonyl (C=O) groups excluding carboxylic acids is 1. The van der Waals surface area contributed by atoms with Gasteiger partial charge in [-0.1, -0.05) is 53.3 Å². The van der Waals surface area contributed by atoms with E-state index >= 15 is 0 Å². The summed E-state index contributed by atoms with van der Waals surface area (Å²) in [4.78, 5) is 13.0. The van der Waals surface area contributed by atoms with Gasteiger partial charge in [-0.25, -0.2) is 8.42 Å². The highest BCUT2D eigenvalue weighted by molar-refractivity contribution is 7.92. The lowest BCUT2D eigenvalue weighted by atomic mass is 10.2. The monoisotopic (exact) mass is 574 g/mol. The molecule has 0 saturated carbocycles. The number of halogens is 1. The Labute approximate surface area is 228 Å². The van der Waals surface area contributed by atoms with Crippen molar-refractivity contribution in [1.82, 2.24) is 10.2 Å². The fourth-order valence-electron chi connectivity index (χ4n) is 3.52. The molecule has 0 aliphatic carbocycles. The third kappa shape index (κ3) is 5.82. The zero-order chi connectivity index (χ0) is 27.3. The van der Waals surface area contributed by atoms with E-state index in [1.54, 1.807) is 6.07 Å². The summed E-state index contributed by atoms with van der Waals surface area (Å²) in [6.45, 7) is -0.604. The van der Waals surface area contributed by atoms with Crippen LogP contribution < -0.4 is 23.8 Å². The van der Waals surface area contributed by atoms with Gasteiger partial charge >= 0.3 is 0 Å². The van der Waals surface area contributed by atoms with E-state index in [-0.39, 0.29) is 32.2 Å². The third-order valence-electron chi connectivity index (χ3n) is 5.33. The van der Waals surface area contributed by atoms with Gasteiger partial charge in [0.05, 0.1) is 31.9 Å². The van der Waals surface area contributed by atoms with Crippen LogP contribution in [0.1, 0.15) is 0 Å². The van der Waals surface area contributed by atoms with Gasteiger partial charge in [0.25, 0.3) is 10.0 Å². The first kappa shape index (κ1) is 27.2. The zero-order valence-corrected chi connectivity index (χ0v) is 22.9. The molecule has 10 nitrogen and oxygen atoms in total. The fourth-order valence-corrected chi connectivity index (χ4v) is 5.89. The Morgan fingerprint density at radius 3 is 2.29 bits per heavy atom. The molecule has 198 valence electrons. The average Bonchev–Trinajstić information content (AvgIpc) is 3.40. The average molecular weight is 575 g/mol. The second-order valence-electron chi connectivity index (χ2n) is 7.67. The predicted octanol–water partition coefficient (Wildman–Crippen LogP) is 4.72. The molecule has 0 aliphatic rings. The maximum Gasteiger partial charge on any atom is 0.265 e. The maximum absolute atomic E-state index is 13.9. The smallest absolute Gasteiger partial charge is 0.265 e. The first-order chi connectivity index (χ1) is 18.3. The largest absolute Gasteiger partial charge is 0.495 e. The van der Waals surface area contributed by atoms with Crippen LogP contribution in [0.3, 0.4) is 0 Å². The van der Waals surface area contributed by atoms with Crippen LogP contribution in [0.25, 0.3) is 10.6 Å². The number of nitrogens with zero attached hydrogens (tertiary/aromatic N) is 3. The Kier molecular flexibility index (Phi) is 8.35. The van der Waals surface area contributed by atoms with Crippen molar-refractivity contribution >= 4 is 49.7 Å². The van der Waals surface area contributed by atoms with Gasteiger partial charge in [0.15, 0.2) is 11.5 Å². The van der Waals surface area contributed by atoms with E-state index in [1.807, 2.05) is 30.3 Å². The molecule has 1 N–H and O–H groups in total. The van der Waals surface area contributed by atoms with E-state index in [1.165, 1.54) is 51.7 Å². The first-order valence-electron chi connectivity index (χ1n) is 11.0. The van der Waals surface area contributed by atoms with Crippen LogP contribution in [0.2, 0.25) is 5.02 Å². The van der Waals surface area contributed by atoms with E-state index in [0.717, 1.165) is 21.2 Å². The summed E-state index contributed by atoms with van der Waals surface area (Å²) in [5.74, 6) is 0.111. The van der Waals surface area contributed by atoms with Crippen molar-refractivity contribution < 1.29 is 27.4 Å². The summed E-state index contributed by atoms with van der Waals surface area (Å²) in [6.07, 6.45) is 0. The lowest BCUT2D eigenvalue weighted by Gasteiger charge is -2.26.